The summed E-state index contributed by atoms with van der Waals surface area (Å²) in [6.07, 6.45) is 22.5. The minimum atomic E-state index is -0.282. The molecule has 2 saturated heterocycles. The third-order valence-electron chi connectivity index (χ3n) is 23.8. The third-order valence-corrected chi connectivity index (χ3v) is 26.8. The number of piperidine rings is 1. The lowest BCUT2D eigenvalue weighted by Crippen LogP contribution is -2.34. The van der Waals surface area contributed by atoms with Crippen molar-refractivity contribution in [3.05, 3.63) is 197 Å². The van der Waals surface area contributed by atoms with Gasteiger partial charge in [-0.3, -0.25) is 71.3 Å². The van der Waals surface area contributed by atoms with Crippen LogP contribution in [0.25, 0.3) is 54.5 Å². The van der Waals surface area contributed by atoms with Crippen molar-refractivity contribution in [2.75, 3.05) is 59.9 Å². The molecule has 6 aromatic carbocycles. The Labute approximate surface area is 776 Å². The van der Waals surface area contributed by atoms with Crippen LogP contribution in [0.15, 0.2) is 78.6 Å². The zero-order valence-corrected chi connectivity index (χ0v) is 77.7. The van der Waals surface area contributed by atoms with E-state index in [4.69, 9.17) is 122 Å². The molecule has 36 heteroatoms. The molecule has 5 aliphatic carbocycles. The van der Waals surface area contributed by atoms with E-state index in [0.717, 1.165) is 109 Å². The van der Waals surface area contributed by atoms with Crippen molar-refractivity contribution >= 4 is 171 Å². The fraction of sp³-hybridized carbons (Fsp3) is 0.467. The number of benzene rings is 6. The number of halogens is 11. The maximum atomic E-state index is 13.2. The van der Waals surface area contributed by atoms with Crippen LogP contribution in [0.3, 0.4) is 0 Å². The third kappa shape index (κ3) is 22.3. The number of hydrogen-bond donors (Lipinski definition) is 5. The molecule has 0 radical (unpaired) electrons. The Morgan fingerprint density at radius 2 is 0.627 bits per heavy atom. The van der Waals surface area contributed by atoms with Crippen molar-refractivity contribution in [2.45, 2.75) is 182 Å². The number of aromatic nitrogens is 10. The Bertz CT molecular complexity index is 6210. The van der Waals surface area contributed by atoms with Gasteiger partial charge in [0.1, 0.15) is 62.5 Å². The monoisotopic (exact) mass is 1920 g/mol. The maximum absolute atomic E-state index is 13.2. The molecule has 5 aromatic heterocycles. The summed E-state index contributed by atoms with van der Waals surface area (Å²) < 4.78 is 21.7. The van der Waals surface area contributed by atoms with Gasteiger partial charge < -0.3 is 25.5 Å². The Hall–Kier alpha value is -7.79. The number of hydrogen-bond acceptors (Lipinski definition) is 20. The fourth-order valence-electron chi connectivity index (χ4n) is 15.8. The van der Waals surface area contributed by atoms with E-state index in [1.807, 2.05) is 23.9 Å². The zero-order valence-electron chi connectivity index (χ0n) is 70.1. The van der Waals surface area contributed by atoms with Crippen LogP contribution in [0.5, 0.6) is 28.7 Å². The number of nitrogens with zero attached hydrogens (tertiary/aromatic N) is 15. The molecule has 2 aliphatic heterocycles. The molecule has 0 unspecified atom stereocenters. The van der Waals surface area contributed by atoms with E-state index in [1.54, 1.807) is 35.0 Å². The topological polar surface area (TPSA) is 292 Å². The fourth-order valence-corrected chi connectivity index (χ4v) is 18.5. The molecule has 5 N–H and O–H groups in total. The largest absolute Gasteiger partial charge is 0.504 e. The second kappa shape index (κ2) is 41.1. The summed E-state index contributed by atoms with van der Waals surface area (Å²) in [7, 11) is 3.74. The summed E-state index contributed by atoms with van der Waals surface area (Å²) >= 11 is 61.2. The summed E-state index contributed by atoms with van der Waals surface area (Å²) in [6, 6.07) is 13.2. The van der Waals surface area contributed by atoms with Gasteiger partial charge in [-0.05, 0) is 221 Å². The number of phenols is 5. The summed E-state index contributed by atoms with van der Waals surface area (Å²) in [5, 5.41) is 54.1. The van der Waals surface area contributed by atoms with Crippen LogP contribution in [-0.4, -0.2) is 158 Å². The first-order valence-electron chi connectivity index (χ1n) is 42.5. The van der Waals surface area contributed by atoms with Crippen molar-refractivity contribution in [1.29, 1.82) is 0 Å². The van der Waals surface area contributed by atoms with E-state index in [2.05, 4.69) is 59.4 Å². The maximum Gasteiger partial charge on any atom is 0.263 e. The van der Waals surface area contributed by atoms with Gasteiger partial charge in [0.05, 0.1) is 116 Å². The average Bonchev–Trinajstić information content (AvgIpc) is 1.36. The SMILES string of the molecule is C#CCN(C)Cc1nc2c(O)c(Cl)cc(Cl)c2c(=O)n1CC1CC1.CCN(CC)Cc1nc2c(O)c(Cl)cc(Cl)c2c(=O)n1CC1CC1.CN(Cc1ccc(F)cc1)Cc1nc2c(O)c(Cl)cc(Cl)c2c(=O)n1CC1CC1.O=c1c2c(Cl)cc(Cl)c(O)c2nc(CN2CCCC2)n1CC1CC1.O=c1c2c(Cl)cc(Cl)c(O)c2nc(CN2CCCCC2)n1CC1CC1. The van der Waals surface area contributed by atoms with Gasteiger partial charge in [-0.15, -0.1) is 6.42 Å². The number of fused-ring (bicyclic) bond motifs is 5. The zero-order chi connectivity index (χ0) is 90.0. The lowest BCUT2D eigenvalue weighted by Gasteiger charge is -2.27. The number of terminal acetylenes is 1. The summed E-state index contributed by atoms with van der Waals surface area (Å²) in [5.74, 6) is 6.93. The van der Waals surface area contributed by atoms with Crippen molar-refractivity contribution in [2.24, 2.45) is 29.6 Å². The second-order valence-corrected chi connectivity index (χ2v) is 38.0. The van der Waals surface area contributed by atoms with Crippen molar-refractivity contribution in [3.8, 4) is 41.1 Å². The van der Waals surface area contributed by atoms with E-state index in [0.29, 0.717) is 137 Å². The van der Waals surface area contributed by atoms with Crippen molar-refractivity contribution < 1.29 is 29.9 Å². The highest BCUT2D eigenvalue weighted by molar-refractivity contribution is 6.42. The predicted molar refractivity (Wildman–Crippen MR) is 499 cm³/mol. The Morgan fingerprint density at radius 3 is 0.897 bits per heavy atom. The van der Waals surface area contributed by atoms with Crippen LogP contribution >= 0.6 is 116 Å². The van der Waals surface area contributed by atoms with E-state index < -0.39 is 0 Å². The van der Waals surface area contributed by atoms with Gasteiger partial charge in [0.15, 0.2) is 28.7 Å². The summed E-state index contributed by atoms with van der Waals surface area (Å²) in [6.45, 7) is 16.6. The highest BCUT2D eigenvalue weighted by Crippen LogP contribution is 2.43. The number of aromatic hydroxyl groups is 5. The first-order chi connectivity index (χ1) is 60.3. The number of likely N-dealkylation sites (tertiary alicyclic amines) is 2. The molecule has 18 rings (SSSR count). The van der Waals surface area contributed by atoms with E-state index >= 15 is 0 Å². The highest BCUT2D eigenvalue weighted by atomic mass is 35.5. The van der Waals surface area contributed by atoms with E-state index in [-0.39, 0.29) is 167 Å². The number of phenolic OH excluding ortho intramolecular Hbond substituents is 5. The summed E-state index contributed by atoms with van der Waals surface area (Å²) in [5.41, 5.74) is 0.701. The lowest BCUT2D eigenvalue weighted by molar-refractivity contribution is 0.211. The minimum Gasteiger partial charge on any atom is -0.504 e. The van der Waals surface area contributed by atoms with E-state index in [1.165, 1.54) is 74.6 Å². The molecule has 0 atom stereocenters. The molecule has 126 heavy (non-hydrogen) atoms. The van der Waals surface area contributed by atoms with Gasteiger partial charge in [0.25, 0.3) is 27.8 Å². The van der Waals surface area contributed by atoms with Crippen molar-refractivity contribution in [1.82, 2.24) is 72.3 Å². The molecule has 7 aliphatic rings. The van der Waals surface area contributed by atoms with Crippen LogP contribution in [0, 0.1) is 47.8 Å². The van der Waals surface area contributed by atoms with Gasteiger partial charge in [-0.2, -0.15) is 0 Å². The van der Waals surface area contributed by atoms with Crippen LogP contribution < -0.4 is 27.8 Å². The van der Waals surface area contributed by atoms with Gasteiger partial charge in [-0.25, -0.2) is 29.3 Å². The molecular weight excluding hydrogens is 1820 g/mol. The molecule has 670 valence electrons. The first kappa shape index (κ1) is 94.3. The summed E-state index contributed by atoms with van der Waals surface area (Å²) in [4.78, 5) is 98.9. The van der Waals surface area contributed by atoms with Crippen LogP contribution in [0.2, 0.25) is 50.2 Å². The van der Waals surface area contributed by atoms with Gasteiger partial charge in [0.2, 0.25) is 0 Å². The standard InChI is InChI=1S/C21H20Cl2FN3O2.C18H21Cl2N3O2.C17H19Cl2N3O2.C17H17Cl2N3O2.C17H21Cl2N3O2/c1-26(9-12-4-6-14(24)7-5-12)11-17-25-19-18(15(22)8-16(23)20(19)28)21(29)27(17)10-13-2-3-13;19-12-8-13(20)17(24)16-15(12)18(25)23(9-11-4-5-11)14(21-16)10-22-6-2-1-3-7-22;18-11-7-12(19)16(23)15-14(11)17(24)22(8-10-3-4-10)13(20-15)9-21-5-1-2-6-21;1-3-6-21(2)9-13-20-15-14(11(18)7-12(19)16(15)23)17(24)22(13)8-10-4-5-10;1-3-21(4-2)9-13-20-15-14(11(18)7-12(19)16(15)23)17(24)22(13)8-10-5-6-10/h4-8,13,28H,2-3,9-11H2,1H3;8,11,24H,1-7,9-10H2;7,10,23H,1-6,8-9H2;1,7,10,23H,4-6,8-9H2,2H3;7,10,23H,3-6,8-9H2,1-2H3. The Morgan fingerprint density at radius 1 is 0.373 bits per heavy atom. The number of rotatable bonds is 25. The molecule has 7 fully saturated rings. The predicted octanol–water partition coefficient (Wildman–Crippen LogP) is 18.4. The van der Waals surface area contributed by atoms with Crippen LogP contribution in [0.1, 0.15) is 145 Å². The van der Waals surface area contributed by atoms with Crippen molar-refractivity contribution in [3.63, 3.8) is 0 Å². The first-order valence-corrected chi connectivity index (χ1v) is 46.3. The van der Waals surface area contributed by atoms with Gasteiger partial charge in [-0.1, -0.05) is 154 Å². The molecule has 5 saturated carbocycles. The lowest BCUT2D eigenvalue weighted by atomic mass is 10.1. The normalized spacial score (nSPS) is 16.0. The van der Waals surface area contributed by atoms with Gasteiger partial charge in [0, 0.05) is 39.3 Å². The smallest absolute Gasteiger partial charge is 0.263 e. The van der Waals surface area contributed by atoms with E-state index in [9.17, 15) is 53.9 Å². The Kier molecular flexibility index (Phi) is 30.8. The minimum absolute atomic E-state index is 0.0555. The molecule has 0 spiro atoms. The highest BCUT2D eigenvalue weighted by Gasteiger charge is 2.34. The molecule has 0 amide bonds. The average molecular weight is 1920 g/mol. The molecule has 11 aromatic rings. The second-order valence-electron chi connectivity index (χ2n) is 34.0. The molecular formula is C90H98Cl10FN15O10. The Balaban J connectivity index is 0.000000128. The molecule has 25 nitrogen and oxygen atoms in total. The van der Waals surface area contributed by atoms with Crippen LogP contribution in [-0.2, 0) is 72.0 Å². The molecule has 0 bridgehead atoms. The quantitative estimate of drug-likeness (QED) is 0.0332. The van der Waals surface area contributed by atoms with Crippen LogP contribution in [0.4, 0.5) is 4.39 Å². The molecule has 7 heterocycles. The van der Waals surface area contributed by atoms with Gasteiger partial charge >= 0.3 is 0 Å².